The van der Waals surface area contributed by atoms with Gasteiger partial charge in [-0.15, -0.1) is 24.0 Å². The van der Waals surface area contributed by atoms with Gasteiger partial charge in [0, 0.05) is 45.5 Å². The van der Waals surface area contributed by atoms with Crippen molar-refractivity contribution in [2.75, 3.05) is 39.8 Å². The summed E-state index contributed by atoms with van der Waals surface area (Å²) in [6.07, 6.45) is 0.860. The highest BCUT2D eigenvalue weighted by Gasteiger charge is 2.02. The van der Waals surface area contributed by atoms with Crippen LogP contribution < -0.4 is 20.1 Å². The zero-order valence-electron chi connectivity index (χ0n) is 16.0. The quantitative estimate of drug-likeness (QED) is 0.244. The van der Waals surface area contributed by atoms with Crippen LogP contribution in [0, 0.1) is 0 Å². The van der Waals surface area contributed by atoms with Crippen LogP contribution in [-0.4, -0.2) is 40.4 Å². The van der Waals surface area contributed by atoms with E-state index >= 15 is 0 Å². The highest BCUT2D eigenvalue weighted by molar-refractivity contribution is 14.0. The molecule has 0 fully saturated rings. The van der Waals surface area contributed by atoms with Gasteiger partial charge in [-0.2, -0.15) is 0 Å². The van der Waals surface area contributed by atoms with Gasteiger partial charge in [0.25, 0.3) is 0 Å². The average molecular weight is 485 g/mol. The zero-order chi connectivity index (χ0) is 18.6. The van der Waals surface area contributed by atoms with Crippen LogP contribution in [0.2, 0.25) is 0 Å². The Balaban J connectivity index is 0.00000364. The van der Waals surface area contributed by atoms with Crippen molar-refractivity contribution in [3.05, 3.63) is 54.1 Å². The molecule has 2 aromatic rings. The van der Waals surface area contributed by atoms with Gasteiger partial charge in [0.1, 0.15) is 11.5 Å². The maximum atomic E-state index is 5.72. The van der Waals surface area contributed by atoms with Gasteiger partial charge in [0.15, 0.2) is 5.96 Å². The molecule has 0 saturated carbocycles. The number of guanidine groups is 1. The Morgan fingerprint density at radius 2 is 1.78 bits per heavy atom. The van der Waals surface area contributed by atoms with Crippen molar-refractivity contribution in [2.24, 2.45) is 4.99 Å². The molecule has 2 aromatic carbocycles. The minimum Gasteiger partial charge on any atom is -0.497 e. The molecule has 0 radical (unpaired) electrons. The summed E-state index contributed by atoms with van der Waals surface area (Å²) < 4.78 is 15.9. The molecular formula is C20H28IN3O3. The second kappa shape index (κ2) is 13.2. The topological polar surface area (TPSA) is 64.1 Å². The van der Waals surface area contributed by atoms with Crippen LogP contribution in [0.25, 0.3) is 0 Å². The Morgan fingerprint density at radius 3 is 2.44 bits per heavy atom. The molecule has 0 aliphatic heterocycles. The monoisotopic (exact) mass is 485 g/mol. The summed E-state index contributed by atoms with van der Waals surface area (Å²) in [7, 11) is 5.10. The van der Waals surface area contributed by atoms with Gasteiger partial charge in [-0.3, -0.25) is 4.99 Å². The van der Waals surface area contributed by atoms with E-state index in [1.165, 1.54) is 0 Å². The molecule has 6 nitrogen and oxygen atoms in total. The normalized spacial score (nSPS) is 10.7. The summed E-state index contributed by atoms with van der Waals surface area (Å²) in [5, 5.41) is 6.56. The van der Waals surface area contributed by atoms with E-state index in [0.717, 1.165) is 29.2 Å². The molecule has 0 aromatic heterocycles. The van der Waals surface area contributed by atoms with Crippen LogP contribution in [-0.2, 0) is 11.3 Å². The molecule has 0 heterocycles. The zero-order valence-corrected chi connectivity index (χ0v) is 18.4. The first kappa shape index (κ1) is 23.0. The SMILES string of the molecule is CN=C(NCc1ccc(OC)cc1)Nc1cccc(OCCCOC)c1.I. The van der Waals surface area contributed by atoms with Crippen molar-refractivity contribution in [3.8, 4) is 11.5 Å². The van der Waals surface area contributed by atoms with Gasteiger partial charge < -0.3 is 24.8 Å². The van der Waals surface area contributed by atoms with Crippen LogP contribution >= 0.6 is 24.0 Å². The third-order valence-electron chi connectivity index (χ3n) is 3.70. The fourth-order valence-electron chi connectivity index (χ4n) is 2.30. The van der Waals surface area contributed by atoms with Crippen molar-refractivity contribution in [2.45, 2.75) is 13.0 Å². The van der Waals surface area contributed by atoms with Crippen molar-refractivity contribution >= 4 is 35.6 Å². The van der Waals surface area contributed by atoms with Crippen molar-refractivity contribution in [1.29, 1.82) is 0 Å². The number of halogens is 1. The predicted octanol–water partition coefficient (Wildman–Crippen LogP) is 3.92. The lowest BCUT2D eigenvalue weighted by Crippen LogP contribution is -2.30. The van der Waals surface area contributed by atoms with Gasteiger partial charge in [0.2, 0.25) is 0 Å². The number of aliphatic imine (C=N–C) groups is 1. The number of hydrogen-bond donors (Lipinski definition) is 2. The number of ether oxygens (including phenoxy) is 3. The van der Waals surface area contributed by atoms with Gasteiger partial charge in [-0.25, -0.2) is 0 Å². The molecule has 27 heavy (non-hydrogen) atoms. The number of methoxy groups -OCH3 is 2. The summed E-state index contributed by atoms with van der Waals surface area (Å²) >= 11 is 0. The Hall–Kier alpha value is -2.00. The predicted molar refractivity (Wildman–Crippen MR) is 121 cm³/mol. The average Bonchev–Trinajstić information content (AvgIpc) is 2.69. The van der Waals surface area contributed by atoms with E-state index in [4.69, 9.17) is 14.2 Å². The summed E-state index contributed by atoms with van der Waals surface area (Å²) in [6.45, 7) is 1.98. The van der Waals surface area contributed by atoms with Crippen LogP contribution in [0.4, 0.5) is 5.69 Å². The van der Waals surface area contributed by atoms with Gasteiger partial charge >= 0.3 is 0 Å². The largest absolute Gasteiger partial charge is 0.497 e. The first-order valence-electron chi connectivity index (χ1n) is 8.57. The summed E-state index contributed by atoms with van der Waals surface area (Å²) in [4.78, 5) is 4.26. The standard InChI is InChI=1S/C20H27N3O3.HI/c1-21-20(22-15-16-8-10-18(25-3)11-9-16)23-17-6-4-7-19(14-17)26-13-5-12-24-2;/h4,6-11,14H,5,12-13,15H2,1-3H3,(H2,21,22,23);1H. The minimum atomic E-state index is 0. The molecule has 148 valence electrons. The van der Waals surface area contributed by atoms with Gasteiger partial charge in [-0.1, -0.05) is 18.2 Å². The summed E-state index contributed by atoms with van der Waals surface area (Å²) in [5.41, 5.74) is 2.06. The minimum absolute atomic E-state index is 0. The third-order valence-corrected chi connectivity index (χ3v) is 3.70. The van der Waals surface area contributed by atoms with Crippen LogP contribution in [0.1, 0.15) is 12.0 Å². The third kappa shape index (κ3) is 8.49. The van der Waals surface area contributed by atoms with E-state index in [9.17, 15) is 0 Å². The maximum Gasteiger partial charge on any atom is 0.195 e. The number of anilines is 1. The number of nitrogens with zero attached hydrogens (tertiary/aromatic N) is 1. The fourth-order valence-corrected chi connectivity index (χ4v) is 2.30. The first-order valence-corrected chi connectivity index (χ1v) is 8.57. The van der Waals surface area contributed by atoms with Crippen molar-refractivity contribution in [3.63, 3.8) is 0 Å². The molecular weight excluding hydrogens is 457 g/mol. The second-order valence-corrected chi connectivity index (χ2v) is 5.62. The molecule has 2 rings (SSSR count). The van der Waals surface area contributed by atoms with Crippen LogP contribution in [0.3, 0.4) is 0 Å². The second-order valence-electron chi connectivity index (χ2n) is 5.62. The Morgan fingerprint density at radius 1 is 1.00 bits per heavy atom. The van der Waals surface area contributed by atoms with Crippen molar-refractivity contribution in [1.82, 2.24) is 5.32 Å². The molecule has 0 unspecified atom stereocenters. The molecule has 0 bridgehead atoms. The summed E-state index contributed by atoms with van der Waals surface area (Å²) in [6, 6.07) is 15.7. The lowest BCUT2D eigenvalue weighted by Gasteiger charge is -2.13. The highest BCUT2D eigenvalue weighted by atomic mass is 127. The molecule has 0 saturated heterocycles. The van der Waals surface area contributed by atoms with E-state index in [1.54, 1.807) is 21.3 Å². The van der Waals surface area contributed by atoms with E-state index in [2.05, 4.69) is 15.6 Å². The smallest absolute Gasteiger partial charge is 0.195 e. The summed E-state index contributed by atoms with van der Waals surface area (Å²) in [5.74, 6) is 2.35. The molecule has 2 N–H and O–H groups in total. The van der Waals surface area contributed by atoms with Gasteiger partial charge in [0.05, 0.1) is 13.7 Å². The van der Waals surface area contributed by atoms with E-state index in [0.29, 0.717) is 25.7 Å². The number of benzene rings is 2. The number of hydrogen-bond acceptors (Lipinski definition) is 4. The van der Waals surface area contributed by atoms with Crippen LogP contribution in [0.15, 0.2) is 53.5 Å². The number of nitrogens with one attached hydrogen (secondary N) is 2. The molecule has 0 aliphatic carbocycles. The molecule has 7 heteroatoms. The highest BCUT2D eigenvalue weighted by Crippen LogP contribution is 2.17. The van der Waals surface area contributed by atoms with Crippen molar-refractivity contribution < 1.29 is 14.2 Å². The Labute approximate surface area is 178 Å². The molecule has 0 aliphatic rings. The fraction of sp³-hybridized carbons (Fsp3) is 0.350. The Bertz CT molecular complexity index is 693. The first-order chi connectivity index (χ1) is 12.7. The molecule has 0 spiro atoms. The van der Waals surface area contributed by atoms with E-state index in [-0.39, 0.29) is 24.0 Å². The van der Waals surface area contributed by atoms with E-state index in [1.807, 2.05) is 48.5 Å². The number of rotatable bonds is 9. The molecule has 0 atom stereocenters. The lowest BCUT2D eigenvalue weighted by atomic mass is 10.2. The van der Waals surface area contributed by atoms with Crippen LogP contribution in [0.5, 0.6) is 11.5 Å². The van der Waals surface area contributed by atoms with E-state index < -0.39 is 0 Å². The Kier molecular flexibility index (Phi) is 11.3. The maximum absolute atomic E-state index is 5.72. The molecule has 0 amide bonds. The van der Waals surface area contributed by atoms with Gasteiger partial charge in [-0.05, 0) is 29.8 Å². The lowest BCUT2D eigenvalue weighted by molar-refractivity contribution is 0.172.